The van der Waals surface area contributed by atoms with Crippen LogP contribution in [-0.2, 0) is 28.6 Å². The van der Waals surface area contributed by atoms with Crippen molar-refractivity contribution in [1.82, 2.24) is 0 Å². The van der Waals surface area contributed by atoms with Gasteiger partial charge in [-0.1, -0.05) is 156 Å². The molecule has 6 heteroatoms. The van der Waals surface area contributed by atoms with Crippen molar-refractivity contribution < 1.29 is 28.6 Å². The summed E-state index contributed by atoms with van der Waals surface area (Å²) in [5, 5.41) is 0. The highest BCUT2D eigenvalue weighted by Gasteiger charge is 2.19. The molecule has 0 N–H and O–H groups in total. The van der Waals surface area contributed by atoms with Gasteiger partial charge in [-0.15, -0.1) is 0 Å². The Kier molecular flexibility index (Phi) is 42.7. The summed E-state index contributed by atoms with van der Waals surface area (Å²) in [5.74, 6) is -1.02. The van der Waals surface area contributed by atoms with Gasteiger partial charge in [-0.05, 0) is 116 Å². The molecular formula is C52H82O6. The fourth-order valence-corrected chi connectivity index (χ4v) is 5.60. The Labute approximate surface area is 355 Å². The summed E-state index contributed by atoms with van der Waals surface area (Å²) in [6.45, 7) is 6.23. The van der Waals surface area contributed by atoms with Crippen molar-refractivity contribution in [3.8, 4) is 0 Å². The van der Waals surface area contributed by atoms with E-state index >= 15 is 0 Å². The predicted molar refractivity (Wildman–Crippen MR) is 247 cm³/mol. The minimum Gasteiger partial charge on any atom is -0.462 e. The first kappa shape index (κ1) is 54.1. The summed E-state index contributed by atoms with van der Waals surface area (Å²) in [5.41, 5.74) is 0. The van der Waals surface area contributed by atoms with E-state index in [0.29, 0.717) is 25.7 Å². The van der Waals surface area contributed by atoms with Crippen LogP contribution in [0.4, 0.5) is 0 Å². The maximum Gasteiger partial charge on any atom is 0.306 e. The number of hydrogen-bond donors (Lipinski definition) is 0. The monoisotopic (exact) mass is 803 g/mol. The predicted octanol–water partition coefficient (Wildman–Crippen LogP) is 14.8. The molecule has 0 fully saturated rings. The number of unbranched alkanes of at least 4 members (excludes halogenated alkanes) is 10. The molecule has 0 saturated carbocycles. The summed E-state index contributed by atoms with van der Waals surface area (Å²) in [6, 6.07) is 0. The Morgan fingerprint density at radius 3 is 1.10 bits per heavy atom. The largest absolute Gasteiger partial charge is 0.462 e. The molecule has 6 nitrogen and oxygen atoms in total. The van der Waals surface area contributed by atoms with Crippen molar-refractivity contribution in [2.45, 2.75) is 187 Å². The molecule has 0 aromatic carbocycles. The lowest BCUT2D eigenvalue weighted by molar-refractivity contribution is -0.167. The normalized spacial score (nSPS) is 13.1. The van der Waals surface area contributed by atoms with Gasteiger partial charge in [0.25, 0.3) is 0 Å². The van der Waals surface area contributed by atoms with Crippen molar-refractivity contribution >= 4 is 17.9 Å². The molecule has 0 heterocycles. The van der Waals surface area contributed by atoms with E-state index in [2.05, 4.69) is 130 Å². The quantitative estimate of drug-likeness (QED) is 0.0267. The van der Waals surface area contributed by atoms with Crippen LogP contribution in [0.2, 0.25) is 0 Å². The second-order valence-electron chi connectivity index (χ2n) is 14.5. The van der Waals surface area contributed by atoms with Crippen molar-refractivity contribution in [1.29, 1.82) is 0 Å². The fourth-order valence-electron chi connectivity index (χ4n) is 5.60. The third-order valence-electron chi connectivity index (χ3n) is 8.97. The molecule has 326 valence electrons. The molecule has 0 bridgehead atoms. The number of hydrogen-bond acceptors (Lipinski definition) is 6. The molecule has 0 aromatic heterocycles. The van der Waals surface area contributed by atoms with E-state index in [4.69, 9.17) is 14.2 Å². The van der Waals surface area contributed by atoms with Crippen LogP contribution in [-0.4, -0.2) is 37.2 Å². The Morgan fingerprint density at radius 1 is 0.362 bits per heavy atom. The number of esters is 3. The van der Waals surface area contributed by atoms with Gasteiger partial charge in [0.1, 0.15) is 13.2 Å². The molecule has 0 amide bonds. The first-order valence-corrected chi connectivity index (χ1v) is 22.9. The zero-order valence-electron chi connectivity index (χ0n) is 37.0. The fraction of sp³-hybridized carbons (Fsp3) is 0.596. The minimum absolute atomic E-state index is 0.115. The highest BCUT2D eigenvalue weighted by atomic mass is 16.6. The van der Waals surface area contributed by atoms with Gasteiger partial charge in [-0.2, -0.15) is 0 Å². The highest BCUT2D eigenvalue weighted by Crippen LogP contribution is 2.11. The van der Waals surface area contributed by atoms with E-state index < -0.39 is 6.10 Å². The molecule has 1 atom stereocenters. The lowest BCUT2D eigenvalue weighted by atomic mass is 10.1. The van der Waals surface area contributed by atoms with Crippen LogP contribution in [0.15, 0.2) is 109 Å². The van der Waals surface area contributed by atoms with Gasteiger partial charge in [0, 0.05) is 19.3 Å². The molecule has 0 aromatic rings. The molecular weight excluding hydrogens is 721 g/mol. The minimum atomic E-state index is -0.820. The van der Waals surface area contributed by atoms with Gasteiger partial charge in [0.05, 0.1) is 0 Å². The van der Waals surface area contributed by atoms with E-state index in [0.717, 1.165) is 116 Å². The molecule has 0 aliphatic rings. The topological polar surface area (TPSA) is 78.9 Å². The summed E-state index contributed by atoms with van der Waals surface area (Å²) in [7, 11) is 0. The lowest BCUT2D eigenvalue weighted by Crippen LogP contribution is -2.30. The van der Waals surface area contributed by atoms with Gasteiger partial charge in [-0.3, -0.25) is 14.4 Å². The Bertz CT molecular complexity index is 1240. The third-order valence-corrected chi connectivity index (χ3v) is 8.97. The second kappa shape index (κ2) is 45.8. The second-order valence-corrected chi connectivity index (χ2v) is 14.5. The smallest absolute Gasteiger partial charge is 0.306 e. The maximum absolute atomic E-state index is 12.7. The highest BCUT2D eigenvalue weighted by molar-refractivity contribution is 5.71. The van der Waals surface area contributed by atoms with Crippen LogP contribution in [0.3, 0.4) is 0 Å². The van der Waals surface area contributed by atoms with Crippen LogP contribution in [0, 0.1) is 0 Å². The summed E-state index contributed by atoms with van der Waals surface area (Å²) in [4.78, 5) is 37.7. The zero-order valence-corrected chi connectivity index (χ0v) is 37.0. The van der Waals surface area contributed by atoms with Gasteiger partial charge >= 0.3 is 17.9 Å². The van der Waals surface area contributed by atoms with E-state index in [9.17, 15) is 14.4 Å². The van der Waals surface area contributed by atoms with Gasteiger partial charge in [-0.25, -0.2) is 0 Å². The molecule has 0 aliphatic carbocycles. The van der Waals surface area contributed by atoms with E-state index in [-0.39, 0.29) is 37.5 Å². The molecule has 0 aliphatic heterocycles. The SMILES string of the molecule is CC/C=C\C/C=C\C/C=C\C/C=C\CCCCC(=O)OCC(COC(=O)CCCCCCC/C=C\CCC)OC(=O)CCCC/C=C\C/C=C\C/C=C\C/C=C\CC. The van der Waals surface area contributed by atoms with Crippen molar-refractivity contribution in [3.05, 3.63) is 109 Å². The molecule has 0 saturated heterocycles. The molecule has 1 unspecified atom stereocenters. The van der Waals surface area contributed by atoms with E-state index in [1.54, 1.807) is 0 Å². The van der Waals surface area contributed by atoms with Gasteiger partial charge in [0.2, 0.25) is 0 Å². The Hall–Kier alpha value is -3.93. The summed E-state index contributed by atoms with van der Waals surface area (Å²) >= 11 is 0. The molecule has 58 heavy (non-hydrogen) atoms. The lowest BCUT2D eigenvalue weighted by Gasteiger charge is -2.18. The van der Waals surface area contributed by atoms with Crippen LogP contribution < -0.4 is 0 Å². The standard InChI is InChI=1S/C52H82O6/c1-4-7-10-13-16-19-22-24-26-28-30-33-36-39-42-45-51(54)57-48-49(47-56-50(53)44-41-38-35-32-21-18-15-12-9-6-3)58-52(55)46-43-40-37-34-31-29-27-25-23-20-17-14-11-8-5-2/h7-8,10-12,15-17,19-20,24-27,30-31,33-34,49H,4-6,9,13-14,18,21-23,28-29,32,35-48H2,1-3H3/b10-7-,11-8-,15-12-,19-16-,20-17-,26-24-,27-25-,33-30-,34-31-. The Morgan fingerprint density at radius 2 is 0.672 bits per heavy atom. The van der Waals surface area contributed by atoms with Crippen molar-refractivity contribution in [3.63, 3.8) is 0 Å². The molecule has 0 radical (unpaired) electrons. The first-order chi connectivity index (χ1) is 28.5. The van der Waals surface area contributed by atoms with Crippen LogP contribution in [0.25, 0.3) is 0 Å². The van der Waals surface area contributed by atoms with Crippen LogP contribution >= 0.6 is 0 Å². The summed E-state index contributed by atoms with van der Waals surface area (Å²) in [6.07, 6.45) is 60.8. The number of allylic oxidation sites excluding steroid dienone is 18. The number of ether oxygens (including phenoxy) is 3. The van der Waals surface area contributed by atoms with Crippen LogP contribution in [0.1, 0.15) is 181 Å². The van der Waals surface area contributed by atoms with Crippen LogP contribution in [0.5, 0.6) is 0 Å². The third kappa shape index (κ3) is 43.2. The maximum atomic E-state index is 12.7. The average Bonchev–Trinajstić information content (AvgIpc) is 3.22. The van der Waals surface area contributed by atoms with Crippen molar-refractivity contribution in [2.24, 2.45) is 0 Å². The van der Waals surface area contributed by atoms with E-state index in [1.807, 2.05) is 0 Å². The zero-order chi connectivity index (χ0) is 42.3. The summed E-state index contributed by atoms with van der Waals surface area (Å²) < 4.78 is 16.6. The van der Waals surface area contributed by atoms with Crippen molar-refractivity contribution in [2.75, 3.05) is 13.2 Å². The van der Waals surface area contributed by atoms with Gasteiger partial charge < -0.3 is 14.2 Å². The Balaban J connectivity index is 4.55. The number of carbonyl (C=O) groups is 3. The molecule has 0 spiro atoms. The van der Waals surface area contributed by atoms with E-state index in [1.165, 1.54) is 12.8 Å². The number of rotatable bonds is 39. The average molecular weight is 803 g/mol. The van der Waals surface area contributed by atoms with Gasteiger partial charge in [0.15, 0.2) is 6.10 Å². The number of carbonyl (C=O) groups excluding carboxylic acids is 3. The molecule has 0 rings (SSSR count). The first-order valence-electron chi connectivity index (χ1n) is 22.9.